The highest BCUT2D eigenvalue weighted by Gasteiger charge is 2.22. The van der Waals surface area contributed by atoms with Crippen molar-refractivity contribution in [2.45, 2.75) is 12.8 Å². The minimum Gasteiger partial charge on any atom is -0.408 e. The molecule has 1 aromatic carbocycles. The number of anilines is 2. The number of likely N-dealkylation sites (tertiary alicyclic amines) is 1. The number of fused-ring (bicyclic) bond motifs is 1. The van der Waals surface area contributed by atoms with Crippen molar-refractivity contribution in [2.75, 3.05) is 37.7 Å². The standard InChI is InChI=1S/C17H21N7O/c18-14-13-16(21-15(20-13)12-6-2-1-3-7-12)22-17(19)24(14)25-11-10-23-8-4-5-9-23/h1-3,6-7H,4-5,8-11,18H2,(H2,19,20,21,22). The Hall–Kier alpha value is -2.87. The minimum absolute atomic E-state index is 0.172. The monoisotopic (exact) mass is 339 g/mol. The fraction of sp³-hybridized carbons (Fsp3) is 0.353. The summed E-state index contributed by atoms with van der Waals surface area (Å²) in [7, 11) is 0. The van der Waals surface area contributed by atoms with Gasteiger partial charge in [-0.15, -0.1) is 4.73 Å². The third-order valence-corrected chi connectivity index (χ3v) is 4.39. The molecule has 0 aromatic heterocycles. The van der Waals surface area contributed by atoms with Gasteiger partial charge in [-0.3, -0.25) is 4.90 Å². The predicted molar refractivity (Wildman–Crippen MR) is 95.8 cm³/mol. The molecule has 3 heterocycles. The van der Waals surface area contributed by atoms with Crippen molar-refractivity contribution in [1.82, 2.24) is 24.6 Å². The largest absolute Gasteiger partial charge is 0.408 e. The topological polar surface area (TPSA) is 108 Å². The molecule has 25 heavy (non-hydrogen) atoms. The molecule has 8 heteroatoms. The number of nitrogens with two attached hydrogens (primary N) is 2. The Morgan fingerprint density at radius 3 is 2.48 bits per heavy atom. The van der Waals surface area contributed by atoms with E-state index < -0.39 is 0 Å². The molecule has 130 valence electrons. The summed E-state index contributed by atoms with van der Waals surface area (Å²) in [6.45, 7) is 3.56. The van der Waals surface area contributed by atoms with E-state index in [0.29, 0.717) is 29.8 Å². The van der Waals surface area contributed by atoms with Crippen LogP contribution in [0, 0.1) is 0 Å². The van der Waals surface area contributed by atoms with Gasteiger partial charge in [-0.2, -0.15) is 4.98 Å². The second-order valence-corrected chi connectivity index (χ2v) is 6.12. The molecule has 0 saturated carbocycles. The lowest BCUT2D eigenvalue weighted by molar-refractivity contribution is 0.0970. The van der Waals surface area contributed by atoms with Gasteiger partial charge in [0.15, 0.2) is 23.2 Å². The van der Waals surface area contributed by atoms with Gasteiger partial charge in [-0.1, -0.05) is 30.3 Å². The van der Waals surface area contributed by atoms with Crippen LogP contribution in [0.4, 0.5) is 11.8 Å². The number of benzene rings is 1. The number of hydrogen-bond acceptors (Lipinski definition) is 7. The van der Waals surface area contributed by atoms with E-state index in [4.69, 9.17) is 16.3 Å². The fourth-order valence-corrected chi connectivity index (χ4v) is 3.08. The molecule has 0 radical (unpaired) electrons. The zero-order chi connectivity index (χ0) is 17.2. The van der Waals surface area contributed by atoms with Crippen LogP contribution in [0.3, 0.4) is 0 Å². The van der Waals surface area contributed by atoms with Crippen LogP contribution in [-0.4, -0.2) is 50.8 Å². The number of nitrogen functional groups attached to an aromatic ring is 2. The molecule has 1 fully saturated rings. The number of hydrogen-bond donors (Lipinski definition) is 2. The molecule has 1 aromatic rings. The maximum Gasteiger partial charge on any atom is 0.238 e. The third kappa shape index (κ3) is 3.08. The lowest BCUT2D eigenvalue weighted by Crippen LogP contribution is -2.30. The highest BCUT2D eigenvalue weighted by atomic mass is 16.7. The summed E-state index contributed by atoms with van der Waals surface area (Å²) in [4.78, 5) is 21.3. The molecule has 0 bridgehead atoms. The van der Waals surface area contributed by atoms with E-state index in [-0.39, 0.29) is 5.95 Å². The Bertz CT molecular complexity index is 827. The molecule has 3 aliphatic rings. The first kappa shape index (κ1) is 15.6. The average Bonchev–Trinajstić information content (AvgIpc) is 3.28. The van der Waals surface area contributed by atoms with Crippen LogP contribution in [0.15, 0.2) is 30.3 Å². The molecule has 0 spiro atoms. The normalized spacial score (nSPS) is 15.0. The van der Waals surface area contributed by atoms with Crippen LogP contribution in [0.25, 0.3) is 22.9 Å². The highest BCUT2D eigenvalue weighted by Crippen LogP contribution is 2.28. The molecule has 4 N–H and O–H groups in total. The van der Waals surface area contributed by atoms with Crippen molar-refractivity contribution in [3.05, 3.63) is 30.3 Å². The van der Waals surface area contributed by atoms with Crippen LogP contribution >= 0.6 is 0 Å². The van der Waals surface area contributed by atoms with Crippen molar-refractivity contribution in [3.63, 3.8) is 0 Å². The highest BCUT2D eigenvalue weighted by molar-refractivity contribution is 5.72. The second kappa shape index (κ2) is 6.56. The Labute approximate surface area is 145 Å². The zero-order valence-electron chi connectivity index (χ0n) is 13.9. The van der Waals surface area contributed by atoms with Gasteiger partial charge in [0.05, 0.1) is 0 Å². The van der Waals surface area contributed by atoms with Gasteiger partial charge < -0.3 is 16.3 Å². The lowest BCUT2D eigenvalue weighted by Gasteiger charge is -2.18. The van der Waals surface area contributed by atoms with Crippen LogP contribution in [0.1, 0.15) is 12.8 Å². The van der Waals surface area contributed by atoms with E-state index in [1.165, 1.54) is 17.6 Å². The first-order valence-electron chi connectivity index (χ1n) is 8.45. The smallest absolute Gasteiger partial charge is 0.238 e. The van der Waals surface area contributed by atoms with Crippen LogP contribution in [0.2, 0.25) is 0 Å². The average molecular weight is 339 g/mol. The quantitative estimate of drug-likeness (QED) is 0.717. The fourth-order valence-electron chi connectivity index (χ4n) is 3.08. The molecule has 0 atom stereocenters. The Morgan fingerprint density at radius 2 is 1.72 bits per heavy atom. The number of imidazole rings is 1. The van der Waals surface area contributed by atoms with Gasteiger partial charge in [-0.25, -0.2) is 9.97 Å². The maximum atomic E-state index is 6.21. The summed E-state index contributed by atoms with van der Waals surface area (Å²) in [6, 6.07) is 9.69. The van der Waals surface area contributed by atoms with Crippen molar-refractivity contribution >= 4 is 11.8 Å². The van der Waals surface area contributed by atoms with Crippen molar-refractivity contribution < 1.29 is 4.84 Å². The number of rotatable bonds is 5. The number of nitrogens with zero attached hydrogens (tertiary/aromatic N) is 5. The molecule has 0 amide bonds. The Morgan fingerprint density at radius 1 is 0.960 bits per heavy atom. The molecule has 0 unspecified atom stereocenters. The van der Waals surface area contributed by atoms with Crippen molar-refractivity contribution in [2.24, 2.45) is 0 Å². The molecule has 0 aliphatic carbocycles. The van der Waals surface area contributed by atoms with Crippen LogP contribution < -0.4 is 16.3 Å². The maximum absolute atomic E-state index is 6.21. The predicted octanol–water partition coefficient (Wildman–Crippen LogP) is 1.13. The lowest BCUT2D eigenvalue weighted by atomic mass is 10.2. The van der Waals surface area contributed by atoms with E-state index in [0.717, 1.165) is 25.2 Å². The van der Waals surface area contributed by atoms with E-state index >= 15 is 0 Å². The van der Waals surface area contributed by atoms with Gasteiger partial charge in [0.2, 0.25) is 5.95 Å². The summed E-state index contributed by atoms with van der Waals surface area (Å²) >= 11 is 0. The Balaban J connectivity index is 1.58. The molecule has 1 saturated heterocycles. The van der Waals surface area contributed by atoms with Crippen LogP contribution in [0.5, 0.6) is 0 Å². The van der Waals surface area contributed by atoms with Gasteiger partial charge in [-0.05, 0) is 25.9 Å². The molecule has 8 nitrogen and oxygen atoms in total. The summed E-state index contributed by atoms with van der Waals surface area (Å²) < 4.78 is 1.35. The van der Waals surface area contributed by atoms with E-state index in [1.807, 2.05) is 30.3 Å². The Kier molecular flexibility index (Phi) is 4.10. The van der Waals surface area contributed by atoms with Gasteiger partial charge in [0.25, 0.3) is 0 Å². The molecular weight excluding hydrogens is 318 g/mol. The van der Waals surface area contributed by atoms with Gasteiger partial charge >= 0.3 is 0 Å². The summed E-state index contributed by atoms with van der Waals surface area (Å²) in [5.41, 5.74) is 13.6. The zero-order valence-corrected chi connectivity index (χ0v) is 13.9. The summed E-state index contributed by atoms with van der Waals surface area (Å²) in [6.07, 6.45) is 2.49. The first-order chi connectivity index (χ1) is 12.2. The van der Waals surface area contributed by atoms with Gasteiger partial charge in [0, 0.05) is 12.1 Å². The van der Waals surface area contributed by atoms with Crippen molar-refractivity contribution in [3.8, 4) is 22.9 Å². The van der Waals surface area contributed by atoms with Crippen LogP contribution in [-0.2, 0) is 0 Å². The molecular formula is C17H21N7O. The van der Waals surface area contributed by atoms with E-state index in [1.54, 1.807) is 0 Å². The first-order valence-corrected chi connectivity index (χ1v) is 8.45. The third-order valence-electron chi connectivity index (χ3n) is 4.39. The molecule has 4 rings (SSSR count). The van der Waals surface area contributed by atoms with Gasteiger partial charge in [0.1, 0.15) is 6.61 Å². The summed E-state index contributed by atoms with van der Waals surface area (Å²) in [5, 5.41) is 0. The second-order valence-electron chi connectivity index (χ2n) is 6.12. The van der Waals surface area contributed by atoms with E-state index in [9.17, 15) is 0 Å². The number of aromatic nitrogens is 4. The molecule has 3 aliphatic heterocycles. The minimum atomic E-state index is 0.172. The van der Waals surface area contributed by atoms with E-state index in [2.05, 4.69) is 19.9 Å². The summed E-state index contributed by atoms with van der Waals surface area (Å²) in [5.74, 6) is 1.49. The SMILES string of the molecule is Nc1nc2nc(-c3ccccc3)nc-2c(N)n1OCCN1CCCC1. The van der Waals surface area contributed by atoms with Crippen molar-refractivity contribution in [1.29, 1.82) is 0 Å².